The molecule has 6 heavy (non-hydrogen) atoms. The second-order valence-electron chi connectivity index (χ2n) is 0.519. The summed E-state index contributed by atoms with van der Waals surface area (Å²) in [7, 11) is 0. The number of hydrogen-bond acceptors (Lipinski definition) is 1. The molecule has 1 N–H and O–H groups in total. The van der Waals surface area contributed by atoms with Gasteiger partial charge in [-0.15, -0.1) is 0 Å². The summed E-state index contributed by atoms with van der Waals surface area (Å²) < 4.78 is 0. The summed E-state index contributed by atoms with van der Waals surface area (Å²) in [5.41, 5.74) is 0. The van der Waals surface area contributed by atoms with Crippen molar-refractivity contribution in [1.29, 1.82) is 0 Å². The fourth-order valence-electron chi connectivity index (χ4n) is 0. The number of rotatable bonds is 0. The summed E-state index contributed by atoms with van der Waals surface area (Å²) in [6.07, 6.45) is 0. The summed E-state index contributed by atoms with van der Waals surface area (Å²) in [4.78, 5) is 9.00. The molecule has 0 fully saturated rings. The van der Waals surface area contributed by atoms with Crippen LogP contribution in [0, 0.1) is 0 Å². The van der Waals surface area contributed by atoms with Crippen LogP contribution in [0.3, 0.4) is 0 Å². The van der Waals surface area contributed by atoms with Gasteiger partial charge >= 0.3 is 59.1 Å². The van der Waals surface area contributed by atoms with Crippen LogP contribution < -0.4 is 59.1 Å². The molecule has 0 aliphatic carbocycles. The zero-order valence-corrected chi connectivity index (χ0v) is 8.36. The number of carbonyl (C=O) groups is 1. The minimum absolute atomic E-state index is 0. The Labute approximate surface area is 80.9 Å². The molecular weight excluding hydrogens is 102 g/mol. The summed E-state index contributed by atoms with van der Waals surface area (Å²) >= 11 is 0. The Morgan fingerprint density at radius 2 is 1.50 bits per heavy atom. The van der Waals surface area contributed by atoms with Gasteiger partial charge in [0.15, 0.2) is 0 Å². The minimum Gasteiger partial charge on any atom is -0.481 e. The first-order valence-corrected chi connectivity index (χ1v) is 0.928. The zero-order valence-electron chi connectivity index (χ0n) is 4.36. The molecular formula is C2H4Na2O2+2. The number of carboxylic acids is 1. The minimum atomic E-state index is -0.833. The van der Waals surface area contributed by atoms with Gasteiger partial charge in [0.05, 0.1) is 0 Å². The maximum atomic E-state index is 9.00. The Kier molecular flexibility index (Phi) is 25.3. The Hall–Kier alpha value is 1.47. The molecule has 0 spiro atoms. The van der Waals surface area contributed by atoms with Crippen LogP contribution in [0.2, 0.25) is 0 Å². The van der Waals surface area contributed by atoms with E-state index in [1.807, 2.05) is 0 Å². The molecule has 0 aromatic carbocycles. The van der Waals surface area contributed by atoms with Crippen LogP contribution in [0.4, 0.5) is 0 Å². The van der Waals surface area contributed by atoms with E-state index in [1.54, 1.807) is 0 Å². The molecule has 2 nitrogen and oxygen atoms in total. The second kappa shape index (κ2) is 9.69. The molecule has 0 bridgehead atoms. The molecule has 0 radical (unpaired) electrons. The maximum Gasteiger partial charge on any atom is 1.00 e. The van der Waals surface area contributed by atoms with Gasteiger partial charge in [0, 0.05) is 6.92 Å². The molecule has 0 saturated heterocycles. The maximum absolute atomic E-state index is 9.00. The Morgan fingerprint density at radius 1 is 1.50 bits per heavy atom. The van der Waals surface area contributed by atoms with Crippen molar-refractivity contribution in [2.75, 3.05) is 0 Å². The van der Waals surface area contributed by atoms with Crippen molar-refractivity contribution in [3.63, 3.8) is 0 Å². The first-order valence-electron chi connectivity index (χ1n) is 0.928. The molecule has 0 aromatic rings. The third-order valence-electron chi connectivity index (χ3n) is 0. The van der Waals surface area contributed by atoms with Gasteiger partial charge in [-0.25, -0.2) is 0 Å². The molecule has 0 rings (SSSR count). The van der Waals surface area contributed by atoms with Crippen LogP contribution in [0.1, 0.15) is 6.92 Å². The molecule has 0 saturated carbocycles. The Morgan fingerprint density at radius 3 is 1.50 bits per heavy atom. The first-order chi connectivity index (χ1) is 1.73. The van der Waals surface area contributed by atoms with Crippen LogP contribution >= 0.6 is 0 Å². The molecule has 0 atom stereocenters. The predicted molar refractivity (Wildman–Crippen MR) is 13.3 cm³/mol. The fraction of sp³-hybridized carbons (Fsp3) is 0.500. The monoisotopic (exact) mass is 106 g/mol. The summed E-state index contributed by atoms with van der Waals surface area (Å²) in [6.45, 7) is 1.08. The van der Waals surface area contributed by atoms with E-state index in [0.717, 1.165) is 6.92 Å². The molecule has 0 aromatic heterocycles. The van der Waals surface area contributed by atoms with Gasteiger partial charge in [-0.1, -0.05) is 0 Å². The van der Waals surface area contributed by atoms with E-state index in [4.69, 9.17) is 9.90 Å². The summed E-state index contributed by atoms with van der Waals surface area (Å²) in [5, 5.41) is 7.42. The average Bonchev–Trinajstić information content (AvgIpc) is 0.811. The van der Waals surface area contributed by atoms with Crippen LogP contribution in [0.5, 0.6) is 0 Å². The second-order valence-corrected chi connectivity index (χ2v) is 0.519. The molecule has 24 valence electrons. The average molecular weight is 106 g/mol. The van der Waals surface area contributed by atoms with Gasteiger partial charge in [-0.05, 0) is 0 Å². The molecule has 0 amide bonds. The van der Waals surface area contributed by atoms with E-state index in [-0.39, 0.29) is 59.1 Å². The fourth-order valence-corrected chi connectivity index (χ4v) is 0. The molecule has 0 aliphatic heterocycles. The zero-order chi connectivity index (χ0) is 3.58. The smallest absolute Gasteiger partial charge is 0.481 e. The van der Waals surface area contributed by atoms with E-state index in [9.17, 15) is 0 Å². The van der Waals surface area contributed by atoms with Crippen LogP contribution in [0.25, 0.3) is 0 Å². The molecule has 4 heteroatoms. The van der Waals surface area contributed by atoms with E-state index in [2.05, 4.69) is 0 Å². The van der Waals surface area contributed by atoms with E-state index in [1.165, 1.54) is 0 Å². The van der Waals surface area contributed by atoms with Crippen LogP contribution in [-0.4, -0.2) is 11.1 Å². The van der Waals surface area contributed by atoms with Crippen molar-refractivity contribution < 1.29 is 69.0 Å². The number of aliphatic carboxylic acids is 1. The first kappa shape index (κ1) is 15.6. The van der Waals surface area contributed by atoms with E-state index in [0.29, 0.717) is 0 Å². The Bertz CT molecular complexity index is 32.5. The summed E-state index contributed by atoms with van der Waals surface area (Å²) in [5.74, 6) is -0.833. The largest absolute Gasteiger partial charge is 1.00 e. The summed E-state index contributed by atoms with van der Waals surface area (Å²) in [6, 6.07) is 0. The number of carboxylic acid groups (broad SMARTS) is 1. The van der Waals surface area contributed by atoms with Crippen molar-refractivity contribution in [3.8, 4) is 0 Å². The van der Waals surface area contributed by atoms with Gasteiger partial charge in [0.1, 0.15) is 0 Å². The SMILES string of the molecule is CC(=O)O.[Na+].[Na+]. The van der Waals surface area contributed by atoms with Crippen LogP contribution in [0.15, 0.2) is 0 Å². The van der Waals surface area contributed by atoms with Crippen molar-refractivity contribution >= 4 is 5.97 Å². The van der Waals surface area contributed by atoms with Gasteiger partial charge < -0.3 is 5.11 Å². The third-order valence-corrected chi connectivity index (χ3v) is 0. The van der Waals surface area contributed by atoms with E-state index >= 15 is 0 Å². The molecule has 0 heterocycles. The van der Waals surface area contributed by atoms with Gasteiger partial charge in [-0.3, -0.25) is 4.79 Å². The van der Waals surface area contributed by atoms with Gasteiger partial charge in [-0.2, -0.15) is 0 Å². The van der Waals surface area contributed by atoms with Crippen molar-refractivity contribution in [2.45, 2.75) is 6.92 Å². The van der Waals surface area contributed by atoms with Crippen molar-refractivity contribution in [1.82, 2.24) is 0 Å². The van der Waals surface area contributed by atoms with Crippen molar-refractivity contribution in [2.24, 2.45) is 0 Å². The molecule has 0 aliphatic rings. The normalized spacial score (nSPS) is 4.17. The quantitative estimate of drug-likeness (QED) is 0.312. The topological polar surface area (TPSA) is 37.3 Å². The predicted octanol–water partition coefficient (Wildman–Crippen LogP) is -5.90. The van der Waals surface area contributed by atoms with Gasteiger partial charge in [0.2, 0.25) is 0 Å². The third kappa shape index (κ3) is 50.6. The Balaban J connectivity index is -0.0000000450. The van der Waals surface area contributed by atoms with Gasteiger partial charge in [0.25, 0.3) is 5.97 Å². The standard InChI is InChI=1S/C2H4O2.2Na/c1-2(3)4;;/h1H3,(H,3,4);;/q;2*+1. The number of hydrogen-bond donors (Lipinski definition) is 1. The molecule has 0 unspecified atom stereocenters. The van der Waals surface area contributed by atoms with E-state index < -0.39 is 5.97 Å². The van der Waals surface area contributed by atoms with Crippen LogP contribution in [-0.2, 0) is 4.79 Å². The van der Waals surface area contributed by atoms with Crippen molar-refractivity contribution in [3.05, 3.63) is 0 Å².